The van der Waals surface area contributed by atoms with Gasteiger partial charge in [-0.2, -0.15) is 26.3 Å². The Morgan fingerprint density at radius 1 is 1.16 bits per heavy atom. The molecule has 0 aromatic heterocycles. The van der Waals surface area contributed by atoms with Gasteiger partial charge in [-0.1, -0.05) is 46.9 Å². The molecule has 1 amide bonds. The maximum Gasteiger partial charge on any atom is 0.417 e. The van der Waals surface area contributed by atoms with Crippen LogP contribution in [0.25, 0.3) is 5.83 Å². The second kappa shape index (κ2) is 9.42. The van der Waals surface area contributed by atoms with Gasteiger partial charge in [0.15, 0.2) is 0 Å². The third kappa shape index (κ3) is 5.96. The van der Waals surface area contributed by atoms with Crippen molar-refractivity contribution in [2.45, 2.75) is 18.8 Å². The lowest BCUT2D eigenvalue weighted by Crippen LogP contribution is -2.29. The van der Waals surface area contributed by atoms with Crippen molar-refractivity contribution >= 4 is 46.5 Å². The molecule has 31 heavy (non-hydrogen) atoms. The van der Waals surface area contributed by atoms with Crippen LogP contribution in [0.4, 0.5) is 30.7 Å². The molecule has 0 radical (unpaired) electrons. The Balaban J connectivity index is 2.53. The maximum atomic E-state index is 14.7. The van der Waals surface area contributed by atoms with Crippen LogP contribution >= 0.6 is 34.8 Å². The van der Waals surface area contributed by atoms with E-state index in [-0.39, 0.29) is 27.2 Å². The molecular formula is C19H13Cl3F7NO. The number of allylic oxidation sites excluding steroid dienone is 5. The normalized spacial score (nSPS) is 19.3. The van der Waals surface area contributed by atoms with Crippen molar-refractivity contribution < 1.29 is 35.5 Å². The number of hydrogen-bond acceptors (Lipinski definition) is 1. The summed E-state index contributed by atoms with van der Waals surface area (Å²) in [4.78, 5) is 11.7. The molecule has 12 heteroatoms. The molecule has 0 saturated carbocycles. The zero-order valence-electron chi connectivity index (χ0n) is 15.4. The lowest BCUT2D eigenvalue weighted by molar-refractivity contribution is -0.170. The fourth-order valence-corrected chi connectivity index (χ4v) is 3.70. The first kappa shape index (κ1) is 25.5. The fourth-order valence-electron chi connectivity index (χ4n) is 2.95. The predicted octanol–water partition coefficient (Wildman–Crippen LogP) is 7.39. The summed E-state index contributed by atoms with van der Waals surface area (Å²) in [7, 11) is 1.10. The van der Waals surface area contributed by atoms with Gasteiger partial charge in [-0.3, -0.25) is 4.79 Å². The Kier molecular flexibility index (Phi) is 7.76. The summed E-state index contributed by atoms with van der Waals surface area (Å²) in [6.45, 7) is 0. The topological polar surface area (TPSA) is 29.1 Å². The summed E-state index contributed by atoms with van der Waals surface area (Å²) >= 11 is 17.3. The zero-order chi connectivity index (χ0) is 23.7. The molecule has 2 unspecified atom stereocenters. The standard InChI is InChI=1S/C19H13Cl3F7NO/c1-30-17(31)10-3-2-8(4-12(10)19(27,28)29)15(23)7-11(18(24,25)26)9-5-13(20)16(22)14(21)6-9/h2-5,7,9,11H,6H2,1H3,(H,30,31)/b15-7-. The van der Waals surface area contributed by atoms with Gasteiger partial charge in [-0.05, 0) is 30.5 Å². The van der Waals surface area contributed by atoms with E-state index in [9.17, 15) is 35.5 Å². The van der Waals surface area contributed by atoms with Crippen molar-refractivity contribution in [1.82, 2.24) is 5.32 Å². The first-order chi connectivity index (χ1) is 14.2. The van der Waals surface area contributed by atoms with Gasteiger partial charge in [0.2, 0.25) is 0 Å². The molecule has 0 saturated heterocycles. The van der Waals surface area contributed by atoms with Gasteiger partial charge in [0.1, 0.15) is 5.83 Å². The number of carbonyl (C=O) groups is 1. The minimum Gasteiger partial charge on any atom is -0.355 e. The molecule has 1 N–H and O–H groups in total. The van der Waals surface area contributed by atoms with Crippen molar-refractivity contribution in [2.24, 2.45) is 11.8 Å². The van der Waals surface area contributed by atoms with E-state index < -0.39 is 59.0 Å². The van der Waals surface area contributed by atoms with Crippen molar-refractivity contribution in [3.8, 4) is 0 Å². The van der Waals surface area contributed by atoms with Crippen LogP contribution in [-0.2, 0) is 6.18 Å². The quantitative estimate of drug-likeness (QED) is 0.421. The summed E-state index contributed by atoms with van der Waals surface area (Å²) in [6, 6.07) is 1.74. The highest BCUT2D eigenvalue weighted by atomic mass is 35.5. The van der Waals surface area contributed by atoms with Crippen LogP contribution in [0.3, 0.4) is 0 Å². The second-order valence-corrected chi connectivity index (χ2v) is 7.76. The predicted molar refractivity (Wildman–Crippen MR) is 104 cm³/mol. The van der Waals surface area contributed by atoms with Crippen LogP contribution in [0.1, 0.15) is 27.9 Å². The van der Waals surface area contributed by atoms with E-state index in [0.29, 0.717) is 6.07 Å². The smallest absolute Gasteiger partial charge is 0.355 e. The molecule has 0 bridgehead atoms. The highest BCUT2D eigenvalue weighted by Gasteiger charge is 2.44. The van der Waals surface area contributed by atoms with Crippen LogP contribution in [0.15, 0.2) is 45.4 Å². The number of hydrogen-bond donors (Lipinski definition) is 1. The Hall–Kier alpha value is -1.71. The van der Waals surface area contributed by atoms with Crippen LogP contribution < -0.4 is 5.32 Å². The van der Waals surface area contributed by atoms with Gasteiger partial charge in [-0.15, -0.1) is 0 Å². The molecule has 170 valence electrons. The average molecular weight is 511 g/mol. The number of amides is 1. The van der Waals surface area contributed by atoms with Gasteiger partial charge in [-0.25, -0.2) is 4.39 Å². The molecule has 2 nitrogen and oxygen atoms in total. The summed E-state index contributed by atoms with van der Waals surface area (Å²) in [6.07, 6.45) is -9.28. The number of nitrogens with one attached hydrogen (secondary N) is 1. The maximum absolute atomic E-state index is 14.7. The number of benzene rings is 1. The van der Waals surface area contributed by atoms with E-state index in [0.717, 1.165) is 19.2 Å². The van der Waals surface area contributed by atoms with Crippen LogP contribution in [0, 0.1) is 11.8 Å². The zero-order valence-corrected chi connectivity index (χ0v) is 17.7. The number of halogens is 10. The van der Waals surface area contributed by atoms with E-state index in [1.165, 1.54) is 0 Å². The van der Waals surface area contributed by atoms with Crippen molar-refractivity contribution in [3.05, 3.63) is 62.1 Å². The number of alkyl halides is 6. The van der Waals surface area contributed by atoms with E-state index >= 15 is 0 Å². The summed E-state index contributed by atoms with van der Waals surface area (Å²) in [5.41, 5.74) is -3.07. The van der Waals surface area contributed by atoms with Gasteiger partial charge in [0, 0.05) is 17.6 Å². The molecule has 1 aromatic carbocycles. The Morgan fingerprint density at radius 2 is 1.77 bits per heavy atom. The SMILES string of the molecule is CNC(=O)c1ccc(/C(F)=C/C(C2C=C(Cl)C(Cl)=C(Cl)C2)C(F)(F)F)cc1C(F)(F)F. The lowest BCUT2D eigenvalue weighted by atomic mass is 9.85. The van der Waals surface area contributed by atoms with Crippen LogP contribution in [-0.4, -0.2) is 19.1 Å². The summed E-state index contributed by atoms with van der Waals surface area (Å²) in [5.74, 6) is -6.53. The molecule has 1 aromatic rings. The minimum atomic E-state index is -5.05. The summed E-state index contributed by atoms with van der Waals surface area (Å²) in [5, 5.41) is 1.47. The van der Waals surface area contributed by atoms with Gasteiger partial charge in [0.25, 0.3) is 5.91 Å². The molecular weight excluding hydrogens is 498 g/mol. The number of rotatable bonds is 4. The van der Waals surface area contributed by atoms with Crippen molar-refractivity contribution in [1.29, 1.82) is 0 Å². The minimum absolute atomic E-state index is 0.135. The van der Waals surface area contributed by atoms with E-state index in [2.05, 4.69) is 0 Å². The molecule has 2 rings (SSSR count). The molecule has 0 aliphatic heterocycles. The van der Waals surface area contributed by atoms with Crippen LogP contribution in [0.5, 0.6) is 0 Å². The van der Waals surface area contributed by atoms with Crippen molar-refractivity contribution in [3.63, 3.8) is 0 Å². The third-order valence-corrected chi connectivity index (χ3v) is 5.74. The first-order valence-corrected chi connectivity index (χ1v) is 9.59. The molecule has 0 heterocycles. The lowest BCUT2D eigenvalue weighted by Gasteiger charge is -2.27. The van der Waals surface area contributed by atoms with Gasteiger partial charge < -0.3 is 5.32 Å². The number of carbonyl (C=O) groups excluding carboxylic acids is 1. The Morgan fingerprint density at radius 3 is 2.26 bits per heavy atom. The van der Waals surface area contributed by atoms with Crippen LogP contribution in [0.2, 0.25) is 0 Å². The fraction of sp³-hybridized carbons (Fsp3) is 0.316. The highest BCUT2D eigenvalue weighted by molar-refractivity contribution is 6.48. The van der Waals surface area contributed by atoms with E-state index in [1.807, 2.05) is 5.32 Å². The Bertz CT molecular complexity index is 964. The largest absolute Gasteiger partial charge is 0.417 e. The van der Waals surface area contributed by atoms with E-state index in [4.69, 9.17) is 34.8 Å². The molecule has 1 aliphatic rings. The average Bonchev–Trinajstić information content (AvgIpc) is 2.67. The van der Waals surface area contributed by atoms with Gasteiger partial charge >= 0.3 is 12.4 Å². The molecule has 0 spiro atoms. The second-order valence-electron chi connectivity index (χ2n) is 6.52. The molecule has 1 aliphatic carbocycles. The third-order valence-electron chi connectivity index (χ3n) is 4.46. The first-order valence-electron chi connectivity index (χ1n) is 8.46. The molecule has 0 fully saturated rings. The highest BCUT2D eigenvalue weighted by Crippen LogP contribution is 2.45. The monoisotopic (exact) mass is 509 g/mol. The van der Waals surface area contributed by atoms with Gasteiger partial charge in [0.05, 0.1) is 27.1 Å². The van der Waals surface area contributed by atoms with E-state index in [1.54, 1.807) is 0 Å². The summed E-state index contributed by atoms with van der Waals surface area (Å²) < 4.78 is 95.4. The Labute approximate surface area is 187 Å². The molecule has 2 atom stereocenters. The van der Waals surface area contributed by atoms with Crippen molar-refractivity contribution in [2.75, 3.05) is 7.05 Å².